The van der Waals surface area contributed by atoms with Crippen molar-refractivity contribution in [2.45, 2.75) is 29.9 Å². The summed E-state index contributed by atoms with van der Waals surface area (Å²) in [5.41, 5.74) is 1.04. The zero-order valence-electron chi connectivity index (χ0n) is 12.9. The largest absolute Gasteiger partial charge is 0.440 e. The van der Waals surface area contributed by atoms with Crippen molar-refractivity contribution in [3.8, 4) is 11.3 Å². The van der Waals surface area contributed by atoms with Gasteiger partial charge in [-0.3, -0.25) is 0 Å². The predicted octanol–water partition coefficient (Wildman–Crippen LogP) is 4.70. The van der Waals surface area contributed by atoms with Crippen LogP contribution in [0, 0.1) is 0 Å². The minimum atomic E-state index is 0.649. The maximum absolute atomic E-state index is 5.79. The van der Waals surface area contributed by atoms with Gasteiger partial charge in [0.15, 0.2) is 10.1 Å². The smallest absolute Gasteiger partial charge is 0.206 e. The molecule has 0 spiro atoms. The molecule has 0 bridgehead atoms. The molecule has 0 saturated carbocycles. The summed E-state index contributed by atoms with van der Waals surface area (Å²) < 4.78 is 6.71. The lowest BCUT2D eigenvalue weighted by atomic mass is 10.2. The van der Waals surface area contributed by atoms with Crippen molar-refractivity contribution in [2.24, 2.45) is 0 Å². The number of hydrogen-bond acceptors (Lipinski definition) is 7. The number of benzene rings is 1. The van der Waals surface area contributed by atoms with Crippen molar-refractivity contribution in [3.63, 3.8) is 0 Å². The van der Waals surface area contributed by atoms with Crippen molar-refractivity contribution < 1.29 is 4.42 Å². The van der Waals surface area contributed by atoms with Crippen molar-refractivity contribution >= 4 is 28.2 Å². The van der Waals surface area contributed by atoms with E-state index in [2.05, 4.69) is 27.4 Å². The number of oxazole rings is 1. The molecule has 3 rings (SSSR count). The Bertz CT molecular complexity index is 727. The Labute approximate surface area is 143 Å². The zero-order chi connectivity index (χ0) is 15.9. The summed E-state index contributed by atoms with van der Waals surface area (Å²) in [5, 5.41) is 12.5. The summed E-state index contributed by atoms with van der Waals surface area (Å²) in [6, 6.07) is 9.98. The van der Waals surface area contributed by atoms with E-state index in [1.165, 1.54) is 6.42 Å². The number of thioether (sulfide) groups is 1. The molecule has 2 aromatic heterocycles. The lowest BCUT2D eigenvalue weighted by Crippen LogP contribution is -1.99. The van der Waals surface area contributed by atoms with Crippen LogP contribution < -0.4 is 5.32 Å². The first kappa shape index (κ1) is 16.0. The van der Waals surface area contributed by atoms with Gasteiger partial charge in [0, 0.05) is 12.1 Å². The Hall–Kier alpha value is -1.86. The molecule has 0 aliphatic rings. The Morgan fingerprint density at radius 3 is 2.91 bits per heavy atom. The van der Waals surface area contributed by atoms with Gasteiger partial charge in [0.2, 0.25) is 11.0 Å². The topological polar surface area (TPSA) is 63.8 Å². The molecule has 120 valence electrons. The molecule has 5 nitrogen and oxygen atoms in total. The van der Waals surface area contributed by atoms with Crippen LogP contribution in [-0.4, -0.2) is 21.7 Å². The van der Waals surface area contributed by atoms with E-state index in [0.717, 1.165) is 33.8 Å². The molecule has 0 aliphatic carbocycles. The average molecular weight is 346 g/mol. The molecule has 1 N–H and O–H groups in total. The van der Waals surface area contributed by atoms with Crippen LogP contribution in [0.15, 0.2) is 45.3 Å². The zero-order valence-corrected chi connectivity index (χ0v) is 14.5. The molecule has 0 amide bonds. The van der Waals surface area contributed by atoms with Crippen LogP contribution >= 0.6 is 23.1 Å². The Kier molecular flexibility index (Phi) is 5.65. The van der Waals surface area contributed by atoms with Crippen LogP contribution in [0.4, 0.5) is 5.13 Å². The molecule has 0 unspecified atom stereocenters. The van der Waals surface area contributed by atoms with Crippen LogP contribution in [0.2, 0.25) is 0 Å². The fourth-order valence-corrected chi connectivity index (χ4v) is 3.58. The first-order valence-electron chi connectivity index (χ1n) is 7.55. The molecule has 1 aromatic carbocycles. The average Bonchev–Trinajstić information content (AvgIpc) is 3.23. The molecular weight excluding hydrogens is 328 g/mol. The molecular formula is C16H18N4OS2. The molecule has 3 aromatic rings. The number of rotatable bonds is 8. The van der Waals surface area contributed by atoms with Crippen molar-refractivity contribution in [2.75, 3.05) is 11.9 Å². The highest BCUT2D eigenvalue weighted by Gasteiger charge is 2.09. The van der Waals surface area contributed by atoms with E-state index >= 15 is 0 Å². The fourth-order valence-electron chi connectivity index (χ4n) is 1.95. The standard InChI is InChI=1S/C16H18N4OS2/c1-2-3-9-17-15-19-20-16(23-15)22-11-14-18-10-13(21-14)12-7-5-4-6-8-12/h4-8,10H,2-3,9,11H2,1H3,(H,17,19). The normalized spacial score (nSPS) is 10.8. The number of unbranched alkanes of at least 4 members (excludes halogenated alkanes) is 1. The van der Waals surface area contributed by atoms with Gasteiger partial charge in [0.25, 0.3) is 0 Å². The molecule has 0 radical (unpaired) electrons. The molecule has 0 saturated heterocycles. The second kappa shape index (κ2) is 8.12. The third kappa shape index (κ3) is 4.56. The highest BCUT2D eigenvalue weighted by atomic mass is 32.2. The number of hydrogen-bond donors (Lipinski definition) is 1. The van der Waals surface area contributed by atoms with Crippen LogP contribution in [0.5, 0.6) is 0 Å². The van der Waals surface area contributed by atoms with Crippen LogP contribution in [0.1, 0.15) is 25.7 Å². The number of anilines is 1. The second-order valence-electron chi connectivity index (χ2n) is 4.93. The van der Waals surface area contributed by atoms with Crippen molar-refractivity contribution in [3.05, 3.63) is 42.4 Å². The third-order valence-electron chi connectivity index (χ3n) is 3.14. The van der Waals surface area contributed by atoms with Crippen LogP contribution in [0.3, 0.4) is 0 Å². The minimum absolute atomic E-state index is 0.649. The summed E-state index contributed by atoms with van der Waals surface area (Å²) in [6.45, 7) is 3.11. The fraction of sp³-hybridized carbons (Fsp3) is 0.312. The Balaban J connectivity index is 1.54. The summed E-state index contributed by atoms with van der Waals surface area (Å²) in [6.07, 6.45) is 4.07. The van der Waals surface area contributed by atoms with E-state index in [-0.39, 0.29) is 0 Å². The SMILES string of the molecule is CCCCNc1nnc(SCc2ncc(-c3ccccc3)o2)s1. The van der Waals surface area contributed by atoms with Gasteiger partial charge in [0.1, 0.15) is 0 Å². The number of aromatic nitrogens is 3. The van der Waals surface area contributed by atoms with Gasteiger partial charge in [0.05, 0.1) is 11.9 Å². The highest BCUT2D eigenvalue weighted by molar-refractivity contribution is 8.00. The predicted molar refractivity (Wildman–Crippen MR) is 94.8 cm³/mol. The van der Waals surface area contributed by atoms with Gasteiger partial charge < -0.3 is 9.73 Å². The molecule has 0 fully saturated rings. The van der Waals surface area contributed by atoms with Gasteiger partial charge in [-0.25, -0.2) is 4.98 Å². The molecule has 23 heavy (non-hydrogen) atoms. The maximum Gasteiger partial charge on any atom is 0.206 e. The van der Waals surface area contributed by atoms with Gasteiger partial charge in [-0.1, -0.05) is 66.8 Å². The van der Waals surface area contributed by atoms with Gasteiger partial charge in [-0.2, -0.15) is 0 Å². The highest BCUT2D eigenvalue weighted by Crippen LogP contribution is 2.29. The molecule has 2 heterocycles. The number of nitrogens with zero attached hydrogens (tertiary/aromatic N) is 3. The van der Waals surface area contributed by atoms with E-state index in [9.17, 15) is 0 Å². The lowest BCUT2D eigenvalue weighted by Gasteiger charge is -1.97. The summed E-state index contributed by atoms with van der Waals surface area (Å²) >= 11 is 3.16. The van der Waals surface area contributed by atoms with E-state index < -0.39 is 0 Å². The van der Waals surface area contributed by atoms with Gasteiger partial charge in [-0.15, -0.1) is 10.2 Å². The minimum Gasteiger partial charge on any atom is -0.440 e. The second-order valence-corrected chi connectivity index (χ2v) is 7.13. The van der Waals surface area contributed by atoms with Crippen LogP contribution in [-0.2, 0) is 5.75 Å². The molecule has 0 atom stereocenters. The molecule has 0 aliphatic heterocycles. The lowest BCUT2D eigenvalue weighted by molar-refractivity contribution is 0.530. The summed E-state index contributed by atoms with van der Waals surface area (Å²) in [5.74, 6) is 2.14. The van der Waals surface area contributed by atoms with Gasteiger partial charge >= 0.3 is 0 Å². The van der Waals surface area contributed by atoms with E-state index in [1.54, 1.807) is 29.3 Å². The monoisotopic (exact) mass is 346 g/mol. The Morgan fingerprint density at radius 2 is 2.09 bits per heavy atom. The van der Waals surface area contributed by atoms with Gasteiger partial charge in [-0.05, 0) is 6.42 Å². The van der Waals surface area contributed by atoms with E-state index in [1.807, 2.05) is 30.3 Å². The quantitative estimate of drug-likeness (QED) is 0.471. The summed E-state index contributed by atoms with van der Waals surface area (Å²) in [7, 11) is 0. The van der Waals surface area contributed by atoms with Crippen molar-refractivity contribution in [1.29, 1.82) is 0 Å². The van der Waals surface area contributed by atoms with Crippen LogP contribution in [0.25, 0.3) is 11.3 Å². The first-order chi connectivity index (χ1) is 11.3. The first-order valence-corrected chi connectivity index (χ1v) is 9.35. The maximum atomic E-state index is 5.79. The number of nitrogens with one attached hydrogen (secondary N) is 1. The molecule has 7 heteroatoms. The van der Waals surface area contributed by atoms with E-state index in [4.69, 9.17) is 4.42 Å². The van der Waals surface area contributed by atoms with E-state index in [0.29, 0.717) is 11.6 Å². The summed E-state index contributed by atoms with van der Waals surface area (Å²) in [4.78, 5) is 4.33. The van der Waals surface area contributed by atoms with Crippen molar-refractivity contribution in [1.82, 2.24) is 15.2 Å². The Morgan fingerprint density at radius 1 is 1.22 bits per heavy atom. The third-order valence-corrected chi connectivity index (χ3v) is 5.14.